The molecule has 2 heterocycles. The molecule has 0 aromatic heterocycles. The molecule has 2 saturated heterocycles. The van der Waals surface area contributed by atoms with E-state index in [9.17, 15) is 20.1 Å². The van der Waals surface area contributed by atoms with Gasteiger partial charge in [-0.3, -0.25) is 0 Å². The average Bonchev–Trinajstić information content (AvgIpc) is 2.89. The molecule has 0 aromatic rings. The first-order valence-electron chi connectivity index (χ1n) is 14.0. The third-order valence-electron chi connectivity index (χ3n) is 10.1. The second kappa shape index (κ2) is 11.8. The molecule has 7 atom stereocenters. The lowest BCUT2D eigenvalue weighted by Gasteiger charge is -2.72. The fourth-order valence-corrected chi connectivity index (χ4v) is 14.0. The van der Waals surface area contributed by atoms with Crippen LogP contribution in [0.15, 0.2) is 12.7 Å². The van der Waals surface area contributed by atoms with E-state index in [2.05, 4.69) is 48.1 Å². The monoisotopic (exact) mass is 574 g/mol. The normalized spacial score (nSPS) is 38.7. The Hall–Kier alpha value is -0.893. The lowest BCUT2D eigenvalue weighted by Crippen LogP contribution is -2.86. The van der Waals surface area contributed by atoms with Crippen molar-refractivity contribution in [2.24, 2.45) is 16.7 Å². The first-order valence-corrected chi connectivity index (χ1v) is 16.2. The lowest BCUT2D eigenvalue weighted by molar-refractivity contribution is -0.452. The standard InChI is InChI=1S/C28H50O10Si/c1-10-25(15-35-17-33-8)27(32,16-37-39(18(2)3,19(4)5)20(6)7)22-13-26(23(30)24(31)38-22)21(14-29)11-12-36-28(25,26)34-9/h10,18-23,29-30,32H,1,11-17H2,2-9H3/t21-,22+,23-,25+,26-,27-,28-/m0/s1. The number of esters is 1. The SMILES string of the molecule is C=C[C@]1(COCOC)[C@]2(OC)OCC[C@@H](CO)[C@]23C[C@@H](OC(=O)[C@@H]3O)[C@@]1(O)CO[Si](C(C)C)(C(C)C)C(C)C. The van der Waals surface area contributed by atoms with Crippen LogP contribution in [0.3, 0.4) is 0 Å². The van der Waals surface area contributed by atoms with Crippen LogP contribution in [-0.4, -0.2) is 101 Å². The zero-order valence-electron chi connectivity index (χ0n) is 24.9. The summed E-state index contributed by atoms with van der Waals surface area (Å²) >= 11 is 0. The van der Waals surface area contributed by atoms with Gasteiger partial charge in [-0.25, -0.2) is 4.79 Å². The van der Waals surface area contributed by atoms with Gasteiger partial charge < -0.3 is 43.4 Å². The molecule has 2 bridgehead atoms. The Balaban J connectivity index is 2.31. The highest BCUT2D eigenvalue weighted by atomic mass is 28.4. The predicted molar refractivity (Wildman–Crippen MR) is 146 cm³/mol. The molecule has 2 aliphatic heterocycles. The van der Waals surface area contributed by atoms with Gasteiger partial charge in [0.05, 0.1) is 25.2 Å². The predicted octanol–water partition coefficient (Wildman–Crippen LogP) is 2.75. The molecule has 3 fully saturated rings. The number of hydrogen-bond acceptors (Lipinski definition) is 10. The summed E-state index contributed by atoms with van der Waals surface area (Å²) in [6, 6.07) is 0. The quantitative estimate of drug-likeness (QED) is 0.0991. The molecular formula is C28H50O10Si. The van der Waals surface area contributed by atoms with Crippen LogP contribution in [0.1, 0.15) is 54.4 Å². The summed E-state index contributed by atoms with van der Waals surface area (Å²) in [5, 5.41) is 34.9. The highest BCUT2D eigenvalue weighted by molar-refractivity contribution is 6.77. The first kappa shape index (κ1) is 32.6. The largest absolute Gasteiger partial charge is 0.457 e. The second-order valence-corrected chi connectivity index (χ2v) is 17.8. The highest BCUT2D eigenvalue weighted by Crippen LogP contribution is 2.69. The van der Waals surface area contributed by atoms with Gasteiger partial charge in [-0.15, -0.1) is 6.58 Å². The number of hydrogen-bond donors (Lipinski definition) is 3. The topological polar surface area (TPSA) is 133 Å². The van der Waals surface area contributed by atoms with E-state index in [1.165, 1.54) is 20.3 Å². The van der Waals surface area contributed by atoms with E-state index in [1.807, 2.05) is 0 Å². The van der Waals surface area contributed by atoms with Crippen LogP contribution in [0.4, 0.5) is 0 Å². The van der Waals surface area contributed by atoms with E-state index >= 15 is 0 Å². The van der Waals surface area contributed by atoms with Crippen LogP contribution in [0.5, 0.6) is 0 Å². The van der Waals surface area contributed by atoms with E-state index in [-0.39, 0.29) is 56.3 Å². The Morgan fingerprint density at radius 2 is 1.74 bits per heavy atom. The van der Waals surface area contributed by atoms with E-state index in [1.54, 1.807) is 0 Å². The molecule has 0 unspecified atom stereocenters. The third-order valence-corrected chi connectivity index (χ3v) is 16.2. The number of rotatable bonds is 13. The molecule has 1 spiro atoms. The zero-order valence-corrected chi connectivity index (χ0v) is 25.9. The molecule has 1 saturated carbocycles. The molecule has 3 rings (SSSR count). The van der Waals surface area contributed by atoms with Crippen LogP contribution in [0.2, 0.25) is 16.6 Å². The molecule has 3 aliphatic rings. The molecule has 39 heavy (non-hydrogen) atoms. The molecule has 11 heteroatoms. The van der Waals surface area contributed by atoms with Gasteiger partial charge in [0.25, 0.3) is 0 Å². The van der Waals surface area contributed by atoms with Gasteiger partial charge in [-0.1, -0.05) is 47.6 Å². The number of carbonyl (C=O) groups is 1. The molecule has 0 aromatic carbocycles. The first-order chi connectivity index (χ1) is 18.3. The maximum atomic E-state index is 13.3. The molecule has 0 amide bonds. The van der Waals surface area contributed by atoms with Gasteiger partial charge in [0.1, 0.15) is 23.9 Å². The van der Waals surface area contributed by atoms with Crippen molar-refractivity contribution in [2.45, 2.75) is 94.6 Å². The number of aliphatic hydroxyl groups excluding tert-OH is 2. The van der Waals surface area contributed by atoms with Crippen molar-refractivity contribution in [3.8, 4) is 0 Å². The van der Waals surface area contributed by atoms with Crippen LogP contribution >= 0.6 is 0 Å². The lowest BCUT2D eigenvalue weighted by atomic mass is 9.43. The van der Waals surface area contributed by atoms with E-state index in [0.29, 0.717) is 6.42 Å². The molecular weight excluding hydrogens is 524 g/mol. The highest BCUT2D eigenvalue weighted by Gasteiger charge is 2.84. The summed E-state index contributed by atoms with van der Waals surface area (Å²) in [6.07, 6.45) is -0.892. The molecule has 226 valence electrons. The minimum absolute atomic E-state index is 0.00169. The molecule has 0 radical (unpaired) electrons. The van der Waals surface area contributed by atoms with Gasteiger partial charge in [0, 0.05) is 27.2 Å². The van der Waals surface area contributed by atoms with Gasteiger partial charge in [-0.05, 0) is 29.0 Å². The van der Waals surface area contributed by atoms with Gasteiger partial charge in [0.2, 0.25) is 0 Å². The maximum absolute atomic E-state index is 13.3. The van der Waals surface area contributed by atoms with Gasteiger partial charge >= 0.3 is 5.97 Å². The summed E-state index contributed by atoms with van der Waals surface area (Å²) in [7, 11) is 0.385. The summed E-state index contributed by atoms with van der Waals surface area (Å²) in [5.41, 5.74) is -4.30. The molecule has 10 nitrogen and oxygen atoms in total. The van der Waals surface area contributed by atoms with Crippen molar-refractivity contribution in [1.29, 1.82) is 0 Å². The minimum Gasteiger partial charge on any atom is -0.457 e. The Bertz CT molecular complexity index is 861. The Morgan fingerprint density at radius 1 is 1.13 bits per heavy atom. The smallest absolute Gasteiger partial charge is 0.336 e. The van der Waals surface area contributed by atoms with Crippen LogP contribution in [0.25, 0.3) is 0 Å². The molecule has 3 N–H and O–H groups in total. The van der Waals surface area contributed by atoms with Crippen molar-refractivity contribution in [3.63, 3.8) is 0 Å². The van der Waals surface area contributed by atoms with Gasteiger partial charge in [-0.2, -0.15) is 0 Å². The van der Waals surface area contributed by atoms with Crippen molar-refractivity contribution >= 4 is 14.3 Å². The Labute approximate surface area is 234 Å². The van der Waals surface area contributed by atoms with Gasteiger partial charge in [0.15, 0.2) is 20.2 Å². The molecule has 1 aliphatic carbocycles. The van der Waals surface area contributed by atoms with Crippen LogP contribution < -0.4 is 0 Å². The maximum Gasteiger partial charge on any atom is 0.336 e. The minimum atomic E-state index is -2.52. The van der Waals surface area contributed by atoms with Crippen molar-refractivity contribution in [2.75, 3.05) is 47.4 Å². The number of ether oxygens (including phenoxy) is 5. The Kier molecular flexibility index (Phi) is 9.85. The fourth-order valence-electron chi connectivity index (χ4n) is 8.49. The fraction of sp³-hybridized carbons (Fsp3) is 0.893. The van der Waals surface area contributed by atoms with Crippen molar-refractivity contribution in [1.82, 2.24) is 0 Å². The Morgan fingerprint density at radius 3 is 2.23 bits per heavy atom. The summed E-state index contributed by atoms with van der Waals surface area (Å²) in [6.45, 7) is 16.3. The van der Waals surface area contributed by atoms with Crippen molar-refractivity contribution < 1.29 is 48.2 Å². The average molecular weight is 575 g/mol. The summed E-state index contributed by atoms with van der Waals surface area (Å²) < 4.78 is 36.5. The number of carbonyl (C=O) groups excluding carboxylic acids is 1. The van der Waals surface area contributed by atoms with E-state index in [0.717, 1.165) is 0 Å². The summed E-state index contributed by atoms with van der Waals surface area (Å²) in [4.78, 5) is 13.3. The number of fused-ring (bicyclic) bond motifs is 1. The van der Waals surface area contributed by atoms with E-state index < -0.39 is 54.6 Å². The van der Waals surface area contributed by atoms with E-state index in [4.69, 9.17) is 28.1 Å². The summed E-state index contributed by atoms with van der Waals surface area (Å²) in [5.74, 6) is -3.29. The number of methoxy groups -OCH3 is 2. The van der Waals surface area contributed by atoms with Crippen LogP contribution in [-0.2, 0) is 32.9 Å². The second-order valence-electron chi connectivity index (χ2n) is 12.4. The number of aliphatic hydroxyl groups is 3. The van der Waals surface area contributed by atoms with Crippen LogP contribution in [0, 0.1) is 16.7 Å². The van der Waals surface area contributed by atoms with Crippen molar-refractivity contribution in [3.05, 3.63) is 12.7 Å². The third kappa shape index (κ3) is 4.30. The zero-order chi connectivity index (χ0) is 29.4.